The molecule has 0 atom stereocenters. The standard InChI is InChI=1S/C9H15N3O2/c1-2-7-6-8(12-14-7)9(13)11-5-3-4-10/h6H,2-5,10H2,1H3,(H,11,13). The lowest BCUT2D eigenvalue weighted by Crippen LogP contribution is -2.26. The molecule has 0 fully saturated rings. The summed E-state index contributed by atoms with van der Waals surface area (Å²) in [5, 5.41) is 6.34. The van der Waals surface area contributed by atoms with Gasteiger partial charge in [0.1, 0.15) is 5.76 Å². The topological polar surface area (TPSA) is 81.2 Å². The number of aryl methyl sites for hydroxylation is 1. The molecule has 0 saturated heterocycles. The monoisotopic (exact) mass is 197 g/mol. The first-order chi connectivity index (χ1) is 6.77. The molecule has 0 aromatic carbocycles. The quantitative estimate of drug-likeness (QED) is 0.666. The lowest BCUT2D eigenvalue weighted by Gasteiger charge is -1.99. The molecule has 14 heavy (non-hydrogen) atoms. The van der Waals surface area contributed by atoms with Gasteiger partial charge in [-0.1, -0.05) is 12.1 Å². The van der Waals surface area contributed by atoms with Crippen LogP contribution in [0.2, 0.25) is 0 Å². The molecule has 0 spiro atoms. The molecular formula is C9H15N3O2. The molecular weight excluding hydrogens is 182 g/mol. The first kappa shape index (κ1) is 10.7. The van der Waals surface area contributed by atoms with Gasteiger partial charge in [-0.15, -0.1) is 0 Å². The SMILES string of the molecule is CCc1cc(C(=O)NCCCN)no1. The Morgan fingerprint density at radius 2 is 2.50 bits per heavy atom. The van der Waals surface area contributed by atoms with Crippen LogP contribution in [0.1, 0.15) is 29.6 Å². The van der Waals surface area contributed by atoms with E-state index in [0.717, 1.165) is 12.8 Å². The summed E-state index contributed by atoms with van der Waals surface area (Å²) in [6.45, 7) is 3.08. The molecule has 1 aromatic rings. The predicted molar refractivity (Wildman–Crippen MR) is 51.9 cm³/mol. The van der Waals surface area contributed by atoms with Crippen molar-refractivity contribution in [3.05, 3.63) is 17.5 Å². The average Bonchev–Trinajstić information content (AvgIpc) is 2.66. The van der Waals surface area contributed by atoms with Crippen molar-refractivity contribution < 1.29 is 9.32 Å². The van der Waals surface area contributed by atoms with Crippen molar-refractivity contribution in [2.75, 3.05) is 13.1 Å². The molecule has 0 saturated carbocycles. The fraction of sp³-hybridized carbons (Fsp3) is 0.556. The van der Waals surface area contributed by atoms with E-state index in [9.17, 15) is 4.79 Å². The van der Waals surface area contributed by atoms with Gasteiger partial charge in [0.2, 0.25) is 0 Å². The van der Waals surface area contributed by atoms with E-state index >= 15 is 0 Å². The van der Waals surface area contributed by atoms with E-state index in [0.29, 0.717) is 24.5 Å². The first-order valence-corrected chi connectivity index (χ1v) is 4.71. The van der Waals surface area contributed by atoms with Crippen LogP contribution in [0.25, 0.3) is 0 Å². The predicted octanol–water partition coefficient (Wildman–Crippen LogP) is 0.316. The van der Waals surface area contributed by atoms with Gasteiger partial charge in [-0.05, 0) is 13.0 Å². The number of aromatic nitrogens is 1. The summed E-state index contributed by atoms with van der Waals surface area (Å²) in [6.07, 6.45) is 1.51. The molecule has 78 valence electrons. The molecule has 0 unspecified atom stereocenters. The third-order valence-corrected chi connectivity index (χ3v) is 1.81. The van der Waals surface area contributed by atoms with Crippen LogP contribution in [0.5, 0.6) is 0 Å². The molecule has 5 heteroatoms. The molecule has 0 aliphatic rings. The van der Waals surface area contributed by atoms with Crippen molar-refractivity contribution in [1.29, 1.82) is 0 Å². The summed E-state index contributed by atoms with van der Waals surface area (Å²) in [4.78, 5) is 11.4. The number of rotatable bonds is 5. The molecule has 1 heterocycles. The van der Waals surface area contributed by atoms with E-state index in [2.05, 4.69) is 10.5 Å². The molecule has 1 amide bonds. The van der Waals surface area contributed by atoms with Crippen molar-refractivity contribution in [2.24, 2.45) is 5.73 Å². The van der Waals surface area contributed by atoms with Gasteiger partial charge < -0.3 is 15.6 Å². The van der Waals surface area contributed by atoms with Crippen LogP contribution in [0.4, 0.5) is 0 Å². The van der Waals surface area contributed by atoms with E-state index in [1.807, 2.05) is 6.92 Å². The second-order valence-electron chi connectivity index (χ2n) is 2.93. The van der Waals surface area contributed by atoms with E-state index in [-0.39, 0.29) is 5.91 Å². The van der Waals surface area contributed by atoms with Gasteiger partial charge in [-0.2, -0.15) is 0 Å². The number of nitrogens with zero attached hydrogens (tertiary/aromatic N) is 1. The van der Waals surface area contributed by atoms with Crippen LogP contribution in [0.15, 0.2) is 10.6 Å². The number of hydrogen-bond acceptors (Lipinski definition) is 4. The lowest BCUT2D eigenvalue weighted by molar-refractivity contribution is 0.0944. The van der Waals surface area contributed by atoms with Crippen molar-refractivity contribution >= 4 is 5.91 Å². The number of nitrogens with one attached hydrogen (secondary N) is 1. The highest BCUT2D eigenvalue weighted by Gasteiger charge is 2.10. The van der Waals surface area contributed by atoms with Crippen LogP contribution < -0.4 is 11.1 Å². The Balaban J connectivity index is 2.44. The Hall–Kier alpha value is -1.36. The highest BCUT2D eigenvalue weighted by atomic mass is 16.5. The Bertz CT molecular complexity index is 296. The zero-order valence-corrected chi connectivity index (χ0v) is 8.25. The zero-order chi connectivity index (χ0) is 10.4. The normalized spacial score (nSPS) is 10.1. The fourth-order valence-corrected chi connectivity index (χ4v) is 0.981. The van der Waals surface area contributed by atoms with Gasteiger partial charge in [0.25, 0.3) is 5.91 Å². The van der Waals surface area contributed by atoms with Crippen LogP contribution in [0, 0.1) is 0 Å². The number of carbonyl (C=O) groups excluding carboxylic acids is 1. The maximum Gasteiger partial charge on any atom is 0.273 e. The van der Waals surface area contributed by atoms with Crippen LogP contribution in [0.3, 0.4) is 0 Å². The number of hydrogen-bond donors (Lipinski definition) is 2. The largest absolute Gasteiger partial charge is 0.361 e. The van der Waals surface area contributed by atoms with E-state index in [4.69, 9.17) is 10.3 Å². The van der Waals surface area contributed by atoms with Crippen LogP contribution in [-0.2, 0) is 6.42 Å². The Morgan fingerprint density at radius 3 is 3.07 bits per heavy atom. The minimum Gasteiger partial charge on any atom is -0.361 e. The van der Waals surface area contributed by atoms with Gasteiger partial charge in [-0.3, -0.25) is 4.79 Å². The van der Waals surface area contributed by atoms with Gasteiger partial charge in [0, 0.05) is 19.0 Å². The van der Waals surface area contributed by atoms with Crippen molar-refractivity contribution in [3.8, 4) is 0 Å². The molecule has 0 radical (unpaired) electrons. The Morgan fingerprint density at radius 1 is 1.71 bits per heavy atom. The molecule has 1 rings (SSSR count). The summed E-state index contributed by atoms with van der Waals surface area (Å²) in [7, 11) is 0. The fourth-order valence-electron chi connectivity index (χ4n) is 0.981. The molecule has 0 bridgehead atoms. The summed E-state index contributed by atoms with van der Waals surface area (Å²) in [5.74, 6) is 0.510. The molecule has 1 aromatic heterocycles. The molecule has 0 aliphatic heterocycles. The van der Waals surface area contributed by atoms with E-state index in [1.165, 1.54) is 0 Å². The Labute approximate surface area is 82.6 Å². The lowest BCUT2D eigenvalue weighted by atomic mass is 10.3. The van der Waals surface area contributed by atoms with Gasteiger partial charge in [0.15, 0.2) is 5.69 Å². The highest BCUT2D eigenvalue weighted by Crippen LogP contribution is 2.03. The average molecular weight is 197 g/mol. The van der Waals surface area contributed by atoms with Gasteiger partial charge in [0.05, 0.1) is 0 Å². The van der Waals surface area contributed by atoms with Gasteiger partial charge in [-0.25, -0.2) is 0 Å². The highest BCUT2D eigenvalue weighted by molar-refractivity contribution is 5.92. The molecule has 5 nitrogen and oxygen atoms in total. The van der Waals surface area contributed by atoms with E-state index in [1.54, 1.807) is 6.07 Å². The maximum atomic E-state index is 11.4. The number of carbonyl (C=O) groups is 1. The summed E-state index contributed by atoms with van der Waals surface area (Å²) >= 11 is 0. The summed E-state index contributed by atoms with van der Waals surface area (Å²) in [5.41, 5.74) is 5.63. The third kappa shape index (κ3) is 2.85. The van der Waals surface area contributed by atoms with Crippen LogP contribution in [-0.4, -0.2) is 24.2 Å². The number of amides is 1. The summed E-state index contributed by atoms with van der Waals surface area (Å²) < 4.78 is 4.91. The second-order valence-corrected chi connectivity index (χ2v) is 2.93. The number of nitrogens with two attached hydrogens (primary N) is 1. The third-order valence-electron chi connectivity index (χ3n) is 1.81. The van der Waals surface area contributed by atoms with Crippen molar-refractivity contribution in [1.82, 2.24) is 10.5 Å². The van der Waals surface area contributed by atoms with Crippen molar-refractivity contribution in [2.45, 2.75) is 19.8 Å². The first-order valence-electron chi connectivity index (χ1n) is 4.71. The zero-order valence-electron chi connectivity index (χ0n) is 8.25. The smallest absolute Gasteiger partial charge is 0.273 e. The second kappa shape index (κ2) is 5.39. The minimum absolute atomic E-state index is 0.207. The van der Waals surface area contributed by atoms with Gasteiger partial charge >= 0.3 is 0 Å². The maximum absolute atomic E-state index is 11.4. The summed E-state index contributed by atoms with van der Waals surface area (Å²) in [6, 6.07) is 1.65. The Kier molecular flexibility index (Phi) is 4.12. The minimum atomic E-state index is -0.207. The molecule has 3 N–H and O–H groups in total. The molecule has 0 aliphatic carbocycles. The van der Waals surface area contributed by atoms with Crippen LogP contribution >= 0.6 is 0 Å². The van der Waals surface area contributed by atoms with E-state index < -0.39 is 0 Å². The van der Waals surface area contributed by atoms with Crippen molar-refractivity contribution in [3.63, 3.8) is 0 Å².